The molecule has 0 aliphatic carbocycles. The van der Waals surface area contributed by atoms with E-state index in [1.807, 2.05) is 0 Å². The molecule has 0 spiro atoms. The molecule has 1 N–H and O–H groups in total. The van der Waals surface area contributed by atoms with Crippen molar-refractivity contribution in [2.75, 3.05) is 18.5 Å². The maximum absolute atomic E-state index is 12.9. The second-order valence-corrected chi connectivity index (χ2v) is 6.47. The quantitative estimate of drug-likeness (QED) is 0.552. The normalized spacial score (nSPS) is 16.8. The summed E-state index contributed by atoms with van der Waals surface area (Å²) in [5.74, 6) is 0.370. The van der Waals surface area contributed by atoms with Crippen molar-refractivity contribution in [3.8, 4) is 5.88 Å². The Kier molecular flexibility index (Phi) is 5.90. The Balaban J connectivity index is 1.77. The van der Waals surface area contributed by atoms with E-state index in [1.54, 1.807) is 12.1 Å². The lowest BCUT2D eigenvalue weighted by Crippen LogP contribution is -2.16. The van der Waals surface area contributed by atoms with Crippen LogP contribution in [0.5, 0.6) is 5.88 Å². The summed E-state index contributed by atoms with van der Waals surface area (Å²) in [6.45, 7) is 1.19. The number of aromatic nitrogens is 1. The number of benzene rings is 1. The van der Waals surface area contributed by atoms with Crippen molar-refractivity contribution in [3.05, 3.63) is 56.7 Å². The molecule has 11 heteroatoms. The van der Waals surface area contributed by atoms with Crippen LogP contribution in [-0.2, 0) is 17.5 Å². The molecule has 0 radical (unpaired) electrons. The molecule has 1 unspecified atom stereocenters. The molecular formula is C17H15ClF3N3O4. The lowest BCUT2D eigenvalue weighted by molar-refractivity contribution is -0.384. The van der Waals surface area contributed by atoms with Gasteiger partial charge >= 0.3 is 6.18 Å². The first-order chi connectivity index (χ1) is 13.2. The van der Waals surface area contributed by atoms with Gasteiger partial charge < -0.3 is 14.8 Å². The second-order valence-electron chi connectivity index (χ2n) is 6.06. The number of hydrogen-bond donors (Lipinski definition) is 1. The van der Waals surface area contributed by atoms with E-state index >= 15 is 0 Å². The zero-order valence-electron chi connectivity index (χ0n) is 14.3. The van der Waals surface area contributed by atoms with Gasteiger partial charge in [-0.3, -0.25) is 10.1 Å². The van der Waals surface area contributed by atoms with Crippen molar-refractivity contribution in [1.82, 2.24) is 4.98 Å². The molecule has 0 saturated carbocycles. The molecule has 1 aliphatic rings. The summed E-state index contributed by atoms with van der Waals surface area (Å²) >= 11 is 5.67. The minimum Gasteiger partial charge on any atom is -0.472 e. The van der Waals surface area contributed by atoms with E-state index < -0.39 is 27.4 Å². The zero-order chi connectivity index (χ0) is 20.3. The third-order valence-electron chi connectivity index (χ3n) is 4.05. The van der Waals surface area contributed by atoms with Gasteiger partial charge in [-0.1, -0.05) is 11.6 Å². The van der Waals surface area contributed by atoms with E-state index in [1.165, 1.54) is 6.20 Å². The lowest BCUT2D eigenvalue weighted by atomic mass is 10.1. The number of nitro benzene ring substituents is 1. The average molecular weight is 418 g/mol. The maximum atomic E-state index is 12.9. The van der Waals surface area contributed by atoms with Crippen LogP contribution < -0.4 is 10.1 Å². The largest absolute Gasteiger partial charge is 0.472 e. The molecule has 7 nitrogen and oxygen atoms in total. The van der Waals surface area contributed by atoms with Crippen molar-refractivity contribution < 1.29 is 27.6 Å². The molecular weight excluding hydrogens is 403 g/mol. The first-order valence-electron chi connectivity index (χ1n) is 8.22. The molecule has 3 rings (SSSR count). The van der Waals surface area contributed by atoms with Gasteiger partial charge in [-0.25, -0.2) is 4.98 Å². The number of alkyl halides is 3. The molecule has 1 fully saturated rings. The molecule has 150 valence electrons. The molecule has 1 aliphatic heterocycles. The maximum Gasteiger partial charge on any atom is 0.418 e. The highest BCUT2D eigenvalue weighted by molar-refractivity contribution is 6.31. The first kappa shape index (κ1) is 20.2. The van der Waals surface area contributed by atoms with Crippen LogP contribution in [0.25, 0.3) is 0 Å². The smallest absolute Gasteiger partial charge is 0.418 e. The van der Waals surface area contributed by atoms with Crippen molar-refractivity contribution in [1.29, 1.82) is 0 Å². The summed E-state index contributed by atoms with van der Waals surface area (Å²) in [5, 5.41) is 13.3. The summed E-state index contributed by atoms with van der Waals surface area (Å²) in [6.07, 6.45) is -2.62. The molecule has 1 aromatic carbocycles. The monoisotopic (exact) mass is 417 g/mol. The fourth-order valence-electron chi connectivity index (χ4n) is 2.67. The van der Waals surface area contributed by atoms with Gasteiger partial charge in [0.1, 0.15) is 11.8 Å². The van der Waals surface area contributed by atoms with Crippen LogP contribution >= 0.6 is 11.6 Å². The molecule has 2 aromatic rings. The van der Waals surface area contributed by atoms with Crippen molar-refractivity contribution >= 4 is 23.0 Å². The SMILES string of the molecule is O=[N+]([O-])c1cc(C(F)(F)F)c(Cl)cc1NCc1ccnc(OC2CCOC2)c1. The van der Waals surface area contributed by atoms with Crippen LogP contribution in [0.1, 0.15) is 17.5 Å². The second kappa shape index (κ2) is 8.19. The van der Waals surface area contributed by atoms with Gasteiger partial charge in [0.05, 0.1) is 28.7 Å². The van der Waals surface area contributed by atoms with Crippen molar-refractivity contribution in [2.24, 2.45) is 0 Å². The Morgan fingerprint density at radius 1 is 1.39 bits per heavy atom. The fraction of sp³-hybridized carbons (Fsp3) is 0.353. The number of nitrogens with one attached hydrogen (secondary N) is 1. The number of pyridine rings is 1. The molecule has 0 bridgehead atoms. The number of anilines is 1. The summed E-state index contributed by atoms with van der Waals surface area (Å²) in [4.78, 5) is 14.4. The zero-order valence-corrected chi connectivity index (χ0v) is 15.1. The topological polar surface area (TPSA) is 86.5 Å². The van der Waals surface area contributed by atoms with Crippen LogP contribution in [0.2, 0.25) is 5.02 Å². The Hall–Kier alpha value is -2.59. The van der Waals surface area contributed by atoms with Gasteiger partial charge in [0.15, 0.2) is 0 Å². The number of nitro groups is 1. The minimum absolute atomic E-state index is 0.0921. The Bertz CT molecular complexity index is 873. The third-order valence-corrected chi connectivity index (χ3v) is 4.36. The van der Waals surface area contributed by atoms with Gasteiger partial charge in [0.2, 0.25) is 5.88 Å². The van der Waals surface area contributed by atoms with Crippen LogP contribution in [0.4, 0.5) is 24.5 Å². The standard InChI is InChI=1S/C17H15ClF3N3O4/c18-13-7-14(15(24(25)26)6-12(13)17(19,20)21)23-8-10-1-3-22-16(5-10)28-11-2-4-27-9-11/h1,3,5-7,11,23H,2,4,8-9H2. The van der Waals surface area contributed by atoms with Gasteiger partial charge in [0, 0.05) is 31.3 Å². The van der Waals surface area contributed by atoms with Crippen LogP contribution in [0.15, 0.2) is 30.5 Å². The van der Waals surface area contributed by atoms with E-state index in [0.717, 1.165) is 12.5 Å². The molecule has 1 aromatic heterocycles. The van der Waals surface area contributed by atoms with E-state index in [9.17, 15) is 23.3 Å². The first-order valence-corrected chi connectivity index (χ1v) is 8.60. The predicted octanol–water partition coefficient (Wildman–Crippen LogP) is 4.44. The lowest BCUT2D eigenvalue weighted by Gasteiger charge is -2.14. The van der Waals surface area contributed by atoms with E-state index in [0.29, 0.717) is 30.7 Å². The van der Waals surface area contributed by atoms with Crippen LogP contribution in [-0.4, -0.2) is 29.2 Å². The third kappa shape index (κ3) is 4.82. The van der Waals surface area contributed by atoms with Gasteiger partial charge in [-0.2, -0.15) is 13.2 Å². The number of nitrogens with zero attached hydrogens (tertiary/aromatic N) is 2. The highest BCUT2D eigenvalue weighted by atomic mass is 35.5. The highest BCUT2D eigenvalue weighted by Gasteiger charge is 2.36. The minimum atomic E-state index is -4.79. The van der Waals surface area contributed by atoms with Gasteiger partial charge in [-0.15, -0.1) is 0 Å². The van der Waals surface area contributed by atoms with E-state index in [2.05, 4.69) is 10.3 Å². The predicted molar refractivity (Wildman–Crippen MR) is 94.5 cm³/mol. The number of hydrogen-bond acceptors (Lipinski definition) is 6. The highest BCUT2D eigenvalue weighted by Crippen LogP contribution is 2.40. The van der Waals surface area contributed by atoms with Crippen molar-refractivity contribution in [3.63, 3.8) is 0 Å². The number of halogens is 4. The molecule has 1 saturated heterocycles. The Morgan fingerprint density at radius 2 is 2.18 bits per heavy atom. The van der Waals surface area contributed by atoms with Crippen LogP contribution in [0, 0.1) is 10.1 Å². The van der Waals surface area contributed by atoms with Crippen LogP contribution in [0.3, 0.4) is 0 Å². The van der Waals surface area contributed by atoms with Gasteiger partial charge in [-0.05, 0) is 17.7 Å². The summed E-state index contributed by atoms with van der Waals surface area (Å²) in [7, 11) is 0. The summed E-state index contributed by atoms with van der Waals surface area (Å²) < 4.78 is 49.7. The molecule has 1 atom stereocenters. The number of rotatable bonds is 6. The van der Waals surface area contributed by atoms with E-state index in [-0.39, 0.29) is 18.3 Å². The summed E-state index contributed by atoms with van der Waals surface area (Å²) in [6, 6.07) is 4.62. The number of ether oxygens (including phenoxy) is 2. The molecule has 2 heterocycles. The Labute approximate surface area is 162 Å². The van der Waals surface area contributed by atoms with Gasteiger partial charge in [0.25, 0.3) is 5.69 Å². The van der Waals surface area contributed by atoms with Crippen molar-refractivity contribution in [2.45, 2.75) is 25.2 Å². The van der Waals surface area contributed by atoms with E-state index in [4.69, 9.17) is 21.1 Å². The molecule has 28 heavy (non-hydrogen) atoms. The average Bonchev–Trinajstić information content (AvgIpc) is 3.12. The fourth-order valence-corrected chi connectivity index (χ4v) is 2.94. The Morgan fingerprint density at radius 3 is 2.82 bits per heavy atom. The summed E-state index contributed by atoms with van der Waals surface area (Å²) in [5.41, 5.74) is -1.42. The molecule has 0 amide bonds.